The molecule has 6 heteroatoms. The monoisotopic (exact) mass is 257 g/mol. The summed E-state index contributed by atoms with van der Waals surface area (Å²) >= 11 is 0. The van der Waals surface area contributed by atoms with E-state index in [-0.39, 0.29) is 17.8 Å². The minimum absolute atomic E-state index is 0.0187. The minimum Gasteiger partial charge on any atom is -0.481 e. The first-order valence-corrected chi connectivity index (χ1v) is 6.57. The van der Waals surface area contributed by atoms with Crippen molar-refractivity contribution in [2.75, 3.05) is 0 Å². The molecule has 0 heterocycles. The second-order valence-corrected chi connectivity index (χ2v) is 5.53. The molecule has 0 aromatic rings. The van der Waals surface area contributed by atoms with E-state index in [9.17, 15) is 19.4 Å². The van der Waals surface area contributed by atoms with Crippen molar-refractivity contribution in [3.8, 4) is 0 Å². The largest absolute Gasteiger partial charge is 0.481 e. The highest BCUT2D eigenvalue weighted by molar-refractivity contribution is 6.25. The average molecular weight is 257 g/mol. The lowest BCUT2D eigenvalue weighted by Gasteiger charge is -2.21. The first-order valence-electron chi connectivity index (χ1n) is 6.57. The molecular formula is C12H19BFO4. The Labute approximate surface area is 106 Å². The molecule has 0 saturated heterocycles. The fourth-order valence-electron chi connectivity index (χ4n) is 3.81. The quantitative estimate of drug-likeness (QED) is 0.504. The molecule has 1 radical (unpaired) electrons. The topological polar surface area (TPSA) is 77.8 Å². The maximum absolute atomic E-state index is 13.8. The zero-order chi connectivity index (χ0) is 13.3. The number of fused-ring (bicyclic) bond motifs is 1. The Morgan fingerprint density at radius 2 is 2.06 bits per heavy atom. The number of aliphatic carboxylic acids is 1. The Bertz CT molecular complexity index is 314. The summed E-state index contributed by atoms with van der Waals surface area (Å²) in [6.45, 7) is 0. The predicted molar refractivity (Wildman–Crippen MR) is 63.7 cm³/mol. The van der Waals surface area contributed by atoms with Gasteiger partial charge < -0.3 is 15.2 Å². The minimum atomic E-state index is -1.27. The highest BCUT2D eigenvalue weighted by Crippen LogP contribution is 2.53. The number of aliphatic hydroxyl groups is 1. The number of hydrogen-bond acceptors (Lipinski definition) is 3. The molecule has 2 aliphatic carbocycles. The smallest absolute Gasteiger partial charge is 0.306 e. The van der Waals surface area contributed by atoms with Crippen LogP contribution in [0.25, 0.3) is 0 Å². The van der Waals surface area contributed by atoms with E-state index in [1.807, 2.05) is 0 Å². The lowest BCUT2D eigenvalue weighted by Crippen LogP contribution is -2.24. The van der Waals surface area contributed by atoms with Crippen LogP contribution in [0.3, 0.4) is 0 Å². The van der Waals surface area contributed by atoms with Gasteiger partial charge in [-0.05, 0) is 37.0 Å². The summed E-state index contributed by atoms with van der Waals surface area (Å²) in [5.41, 5.74) is 0. The summed E-state index contributed by atoms with van der Waals surface area (Å²) in [5.74, 6) is -1.74. The van der Waals surface area contributed by atoms with E-state index in [1.54, 1.807) is 0 Å². The van der Waals surface area contributed by atoms with E-state index in [4.69, 9.17) is 5.02 Å². The van der Waals surface area contributed by atoms with Gasteiger partial charge in [0.25, 0.3) is 7.48 Å². The first kappa shape index (κ1) is 13.8. The molecular weight excluding hydrogens is 238 g/mol. The second-order valence-electron chi connectivity index (χ2n) is 5.53. The molecule has 2 rings (SSSR count). The van der Waals surface area contributed by atoms with Gasteiger partial charge in [-0.15, -0.1) is 0 Å². The summed E-state index contributed by atoms with van der Waals surface area (Å²) in [6, 6.07) is 0. The van der Waals surface area contributed by atoms with Crippen LogP contribution in [-0.2, 0) is 4.79 Å². The van der Waals surface area contributed by atoms with Crippen molar-refractivity contribution in [2.45, 2.75) is 44.3 Å². The Morgan fingerprint density at radius 1 is 1.33 bits per heavy atom. The van der Waals surface area contributed by atoms with Crippen molar-refractivity contribution >= 4 is 13.5 Å². The van der Waals surface area contributed by atoms with Crippen LogP contribution in [0.15, 0.2) is 0 Å². The predicted octanol–water partition coefficient (Wildman–Crippen LogP) is 0.852. The van der Waals surface area contributed by atoms with Gasteiger partial charge >= 0.3 is 5.97 Å². The standard InChI is InChI=1S/C12H19BFO4/c14-11-8-4-9(12(16)17)6(2-1-3-13-18)7(8)5-10(11)15/h6-11,15,18H,1-5H2,(H,16,17). The first-order chi connectivity index (χ1) is 8.56. The zero-order valence-corrected chi connectivity index (χ0v) is 10.2. The number of hydrogen-bond donors (Lipinski definition) is 3. The van der Waals surface area contributed by atoms with Gasteiger partial charge in [0.15, 0.2) is 0 Å². The number of rotatable bonds is 5. The van der Waals surface area contributed by atoms with Crippen molar-refractivity contribution in [1.82, 2.24) is 0 Å². The Balaban J connectivity index is 2.04. The van der Waals surface area contributed by atoms with Crippen LogP contribution >= 0.6 is 0 Å². The van der Waals surface area contributed by atoms with Crippen molar-refractivity contribution in [3.63, 3.8) is 0 Å². The Hall–Kier alpha value is -0.615. The molecule has 0 aliphatic heterocycles. The maximum Gasteiger partial charge on any atom is 0.306 e. The molecule has 2 saturated carbocycles. The van der Waals surface area contributed by atoms with Gasteiger partial charge in [-0.25, -0.2) is 4.39 Å². The molecule has 0 bridgehead atoms. The molecule has 18 heavy (non-hydrogen) atoms. The van der Waals surface area contributed by atoms with E-state index < -0.39 is 24.2 Å². The third-order valence-electron chi connectivity index (χ3n) is 4.62. The van der Waals surface area contributed by atoms with Gasteiger partial charge in [0, 0.05) is 0 Å². The third-order valence-corrected chi connectivity index (χ3v) is 4.62. The SMILES string of the molecule is O=C(O)C1CC2C(F)C(O)CC2C1CCC[B]O. The van der Waals surface area contributed by atoms with Crippen LogP contribution in [-0.4, -0.2) is 41.0 Å². The van der Waals surface area contributed by atoms with Gasteiger partial charge in [0.2, 0.25) is 0 Å². The van der Waals surface area contributed by atoms with Crippen LogP contribution < -0.4 is 0 Å². The summed E-state index contributed by atoms with van der Waals surface area (Å²) < 4.78 is 13.8. The van der Waals surface area contributed by atoms with Gasteiger partial charge in [0.1, 0.15) is 6.17 Å². The summed E-state index contributed by atoms with van der Waals surface area (Å²) in [4.78, 5) is 11.2. The van der Waals surface area contributed by atoms with Crippen molar-refractivity contribution < 1.29 is 24.4 Å². The molecule has 0 amide bonds. The number of carboxylic acids is 1. The van der Waals surface area contributed by atoms with Gasteiger partial charge in [0.05, 0.1) is 12.0 Å². The molecule has 2 aliphatic rings. The van der Waals surface area contributed by atoms with E-state index in [1.165, 1.54) is 0 Å². The fraction of sp³-hybridized carbons (Fsp3) is 0.917. The van der Waals surface area contributed by atoms with Crippen LogP contribution in [0.1, 0.15) is 25.7 Å². The zero-order valence-electron chi connectivity index (χ0n) is 10.2. The van der Waals surface area contributed by atoms with Gasteiger partial charge in [-0.3, -0.25) is 4.79 Å². The van der Waals surface area contributed by atoms with Crippen LogP contribution in [0, 0.1) is 23.7 Å². The van der Waals surface area contributed by atoms with Gasteiger partial charge in [-0.2, -0.15) is 0 Å². The highest BCUT2D eigenvalue weighted by Gasteiger charge is 2.55. The average Bonchev–Trinajstić information content (AvgIpc) is 2.80. The number of carboxylic acid groups (broad SMARTS) is 1. The molecule has 101 valence electrons. The lowest BCUT2D eigenvalue weighted by atomic mass is 9.81. The summed E-state index contributed by atoms with van der Waals surface area (Å²) in [5, 5.41) is 27.4. The highest BCUT2D eigenvalue weighted by atomic mass is 19.1. The molecule has 6 unspecified atom stereocenters. The molecule has 6 atom stereocenters. The van der Waals surface area contributed by atoms with Gasteiger partial charge in [-0.1, -0.05) is 12.7 Å². The fourth-order valence-corrected chi connectivity index (χ4v) is 3.81. The molecule has 2 fully saturated rings. The van der Waals surface area contributed by atoms with Crippen LogP contribution in [0.2, 0.25) is 6.32 Å². The normalized spacial score (nSPS) is 42.8. The Kier molecular flexibility index (Phi) is 4.27. The lowest BCUT2D eigenvalue weighted by molar-refractivity contribution is -0.143. The second kappa shape index (κ2) is 5.57. The maximum atomic E-state index is 13.8. The van der Waals surface area contributed by atoms with E-state index in [2.05, 4.69) is 0 Å². The Morgan fingerprint density at radius 3 is 2.67 bits per heavy atom. The summed E-state index contributed by atoms with van der Waals surface area (Å²) in [6.07, 6.45) is 0.430. The summed E-state index contributed by atoms with van der Waals surface area (Å²) in [7, 11) is 1.07. The van der Waals surface area contributed by atoms with Crippen molar-refractivity contribution in [1.29, 1.82) is 0 Å². The van der Waals surface area contributed by atoms with Crippen LogP contribution in [0.4, 0.5) is 4.39 Å². The van der Waals surface area contributed by atoms with E-state index >= 15 is 0 Å². The number of aliphatic hydroxyl groups excluding tert-OH is 1. The van der Waals surface area contributed by atoms with Crippen LogP contribution in [0.5, 0.6) is 0 Å². The van der Waals surface area contributed by atoms with Crippen molar-refractivity contribution in [2.24, 2.45) is 23.7 Å². The number of carbonyl (C=O) groups is 1. The number of alkyl halides is 1. The van der Waals surface area contributed by atoms with E-state index in [0.717, 1.165) is 7.48 Å². The molecule has 4 nitrogen and oxygen atoms in total. The number of halogens is 1. The van der Waals surface area contributed by atoms with E-state index in [0.29, 0.717) is 32.0 Å². The van der Waals surface area contributed by atoms with Crippen molar-refractivity contribution in [3.05, 3.63) is 0 Å². The molecule has 0 aromatic heterocycles. The molecule has 3 N–H and O–H groups in total. The molecule has 0 aromatic carbocycles. The molecule has 0 spiro atoms. The third kappa shape index (κ3) is 2.40.